The van der Waals surface area contributed by atoms with E-state index in [0.717, 1.165) is 85.6 Å². The monoisotopic (exact) mass is 1460 g/mol. The minimum absolute atomic E-state index is 0.0154. The Morgan fingerprint density at radius 3 is 1.23 bits per heavy atom. The van der Waals surface area contributed by atoms with Crippen molar-refractivity contribution in [3.8, 4) is 0 Å². The van der Waals surface area contributed by atoms with Gasteiger partial charge in [0, 0.05) is 24.8 Å². The van der Waals surface area contributed by atoms with Crippen molar-refractivity contribution >= 4 is 29.3 Å². The van der Waals surface area contributed by atoms with Gasteiger partial charge in [-0.25, -0.2) is 0 Å². The van der Waals surface area contributed by atoms with E-state index < -0.39 is 61.3 Å². The number of carbonyl (C=O) groups is 5. The van der Waals surface area contributed by atoms with Gasteiger partial charge in [-0.15, -0.1) is 0 Å². The molecule has 16 heteroatoms. The second kappa shape index (κ2) is 54.3. The first-order valence-electron chi connectivity index (χ1n) is 41.0. The molecule has 5 aromatic rings. The van der Waals surface area contributed by atoms with Gasteiger partial charge < -0.3 is 42.6 Å². The summed E-state index contributed by atoms with van der Waals surface area (Å²) < 4.78 is 58.8. The highest BCUT2D eigenvalue weighted by atomic mass is 16.8. The van der Waals surface area contributed by atoms with Crippen LogP contribution in [0.2, 0.25) is 0 Å². The largest absolute Gasteiger partial charge is 0.460 e. The Hall–Kier alpha value is -6.31. The average molecular weight is 1460 g/mol. The summed E-state index contributed by atoms with van der Waals surface area (Å²) in [6.07, 6.45) is 26.9. The van der Waals surface area contributed by atoms with Crippen molar-refractivity contribution in [2.45, 2.75) is 327 Å². The van der Waals surface area contributed by atoms with E-state index in [2.05, 4.69) is 31.4 Å². The van der Waals surface area contributed by atoms with Crippen LogP contribution in [0.1, 0.15) is 273 Å². The number of carbonyl (C=O) groups excluding carboxylic acids is 5. The van der Waals surface area contributed by atoms with Gasteiger partial charge in [-0.05, 0) is 41.5 Å². The molecular formula is C90H130N2O14. The highest BCUT2D eigenvalue weighted by Gasteiger charge is 2.52. The van der Waals surface area contributed by atoms with Crippen LogP contribution in [-0.4, -0.2) is 111 Å². The maximum Gasteiger partial charge on any atom is 0.324 e. The fourth-order valence-electron chi connectivity index (χ4n) is 14.0. The van der Waals surface area contributed by atoms with Crippen LogP contribution in [0, 0.1) is 0 Å². The molecule has 2 saturated heterocycles. The molecule has 0 aromatic heterocycles. The average Bonchev–Trinajstić information content (AvgIpc) is 0.770. The van der Waals surface area contributed by atoms with Crippen LogP contribution in [0.3, 0.4) is 0 Å². The van der Waals surface area contributed by atoms with Gasteiger partial charge >= 0.3 is 11.9 Å². The van der Waals surface area contributed by atoms with Gasteiger partial charge in [0.05, 0.1) is 70.3 Å². The molecule has 2 aliphatic heterocycles. The summed E-state index contributed by atoms with van der Waals surface area (Å²) in [5.41, 5.74) is 4.50. The first-order valence-corrected chi connectivity index (χ1v) is 41.0. The van der Waals surface area contributed by atoms with Crippen molar-refractivity contribution in [3.63, 3.8) is 0 Å². The zero-order chi connectivity index (χ0) is 74.7. The number of Topliss-reactive ketones (excluding diaryl/α,β-unsaturated/α-hetero) is 3. The maximum absolute atomic E-state index is 15.0. The Kier molecular flexibility index (Phi) is 44.5. The summed E-state index contributed by atoms with van der Waals surface area (Å²) in [6.45, 7) is 6.82. The SMILES string of the molecule is CCCCCCCCCCC[C@H](CC(=O)CN[C@@H](CC(=O)OC1O[C@@H]2CO[C@@H](c3ccccc3)O[C@H]2[C@H](OCC(=O)C[C@@H](CCCCCCCCCCC)OCc2ccccc2)[C@H]1NCC(=O)C[C@@H](CCCCCCCCCCC)OCc1ccccc1)C(=O)OCc1ccccc1)OCc1ccccc1. The van der Waals surface area contributed by atoms with Gasteiger partial charge in [-0.2, -0.15) is 0 Å². The molecule has 0 saturated carbocycles. The van der Waals surface area contributed by atoms with Gasteiger partial charge in [-0.3, -0.25) is 34.6 Å². The van der Waals surface area contributed by atoms with Crippen LogP contribution in [0.5, 0.6) is 0 Å². The third-order valence-corrected chi connectivity index (χ3v) is 20.3. The third kappa shape index (κ3) is 36.3. The van der Waals surface area contributed by atoms with Crippen LogP contribution in [0.4, 0.5) is 0 Å². The summed E-state index contributed by atoms with van der Waals surface area (Å²) in [7, 11) is 0. The number of rotatable bonds is 61. The van der Waals surface area contributed by atoms with Gasteiger partial charge in [0.2, 0.25) is 6.29 Å². The Morgan fingerprint density at radius 2 is 0.802 bits per heavy atom. The first kappa shape index (κ1) is 86.9. The molecule has 0 radical (unpaired) electrons. The lowest BCUT2D eigenvalue weighted by Crippen LogP contribution is -2.67. The molecule has 0 aliphatic carbocycles. The van der Waals surface area contributed by atoms with Crippen LogP contribution in [-0.2, 0) is 93.0 Å². The molecule has 1 unspecified atom stereocenters. The van der Waals surface area contributed by atoms with E-state index in [-0.39, 0.29) is 87.8 Å². The molecule has 10 atom stereocenters. The maximum atomic E-state index is 15.0. The first-order chi connectivity index (χ1) is 52.1. The lowest BCUT2D eigenvalue weighted by atomic mass is 9.94. The lowest BCUT2D eigenvalue weighted by Gasteiger charge is -2.49. The summed E-state index contributed by atoms with van der Waals surface area (Å²) in [5.74, 6) is -2.18. The highest BCUT2D eigenvalue weighted by Crippen LogP contribution is 2.37. The summed E-state index contributed by atoms with van der Waals surface area (Å²) in [5, 5.41) is 6.53. The smallest absolute Gasteiger partial charge is 0.324 e. The summed E-state index contributed by atoms with van der Waals surface area (Å²) in [6, 6.07) is 46.1. The molecule has 0 amide bonds. The van der Waals surface area contributed by atoms with Gasteiger partial charge in [-0.1, -0.05) is 346 Å². The molecule has 2 N–H and O–H groups in total. The molecule has 2 heterocycles. The van der Waals surface area contributed by atoms with E-state index in [9.17, 15) is 24.0 Å². The van der Waals surface area contributed by atoms with Crippen molar-refractivity contribution in [2.75, 3.05) is 26.3 Å². The fraction of sp³-hybridized carbons (Fsp3) is 0.611. The molecular weight excluding hydrogens is 1330 g/mol. The second-order valence-electron chi connectivity index (χ2n) is 29.5. The van der Waals surface area contributed by atoms with Crippen LogP contribution in [0.15, 0.2) is 152 Å². The Morgan fingerprint density at radius 1 is 0.425 bits per heavy atom. The number of ketones is 3. The number of fused-ring (bicyclic) bond motifs is 1. The van der Waals surface area contributed by atoms with E-state index in [4.69, 9.17) is 42.6 Å². The van der Waals surface area contributed by atoms with Crippen molar-refractivity contribution in [2.24, 2.45) is 0 Å². The van der Waals surface area contributed by atoms with Gasteiger partial charge in [0.25, 0.3) is 0 Å². The Labute approximate surface area is 635 Å². The number of nitrogens with one attached hydrogen (secondary N) is 2. The number of unbranched alkanes of at least 4 members (excludes halogenated alkanes) is 24. The molecule has 0 bridgehead atoms. The summed E-state index contributed by atoms with van der Waals surface area (Å²) >= 11 is 0. The van der Waals surface area contributed by atoms with Crippen molar-refractivity contribution < 1.29 is 66.6 Å². The third-order valence-electron chi connectivity index (χ3n) is 20.3. The predicted molar refractivity (Wildman–Crippen MR) is 418 cm³/mol. The van der Waals surface area contributed by atoms with Crippen LogP contribution < -0.4 is 10.6 Å². The van der Waals surface area contributed by atoms with Gasteiger partial charge in [0.1, 0.15) is 49.1 Å². The number of esters is 2. The molecule has 584 valence electrons. The number of benzene rings is 5. The van der Waals surface area contributed by atoms with E-state index >= 15 is 0 Å². The van der Waals surface area contributed by atoms with E-state index in [1.165, 1.54) is 116 Å². The molecule has 106 heavy (non-hydrogen) atoms. The molecule has 7 rings (SSSR count). The highest BCUT2D eigenvalue weighted by molar-refractivity contribution is 5.85. The molecule has 2 fully saturated rings. The predicted octanol–water partition coefficient (Wildman–Crippen LogP) is 19.2. The lowest BCUT2D eigenvalue weighted by molar-refractivity contribution is -0.343. The Balaban J connectivity index is 1.12. The van der Waals surface area contributed by atoms with Gasteiger partial charge in [0.15, 0.2) is 12.1 Å². The zero-order valence-electron chi connectivity index (χ0n) is 64.6. The minimum Gasteiger partial charge on any atom is -0.460 e. The normalized spacial score (nSPS) is 18.3. The van der Waals surface area contributed by atoms with E-state index in [1.807, 2.05) is 152 Å². The number of ether oxygens (including phenoxy) is 9. The van der Waals surface area contributed by atoms with Crippen molar-refractivity contribution in [1.29, 1.82) is 0 Å². The standard InChI is InChI=1S/C90H130N2O14/c1-4-7-10-13-16-19-22-25-43-56-79(98-65-71-46-33-28-34-47-71)59-76(93)63-91-82(88(97)102-68-74-52-39-31-40-53-74)62-84(96)105-90-85(92-64-77(94)60-80(99-66-72-48-35-29-36-49-72)57-44-26-23-20-17-14-11-8-5-2)87(86-83(104-90)70-103-89(106-86)75-54-41-32-42-55-75)101-69-78(95)61-81(100-67-73-50-37-30-38-51-73)58-45-27-24-21-18-15-12-9-6-3/h28-42,46-55,79-83,85-87,89-92H,4-27,43-45,56-70H2,1-3H3/t79-,80-,81-,82+,83-,85-,86-,87-,89-,90?/m1/s1. The molecule has 0 spiro atoms. The van der Waals surface area contributed by atoms with Crippen molar-refractivity contribution in [1.82, 2.24) is 10.6 Å². The molecule has 16 nitrogen and oxygen atoms in total. The number of hydrogen-bond donors (Lipinski definition) is 2. The quantitative estimate of drug-likeness (QED) is 0.0276. The van der Waals surface area contributed by atoms with Crippen molar-refractivity contribution in [3.05, 3.63) is 179 Å². The topological polar surface area (TPSA) is 192 Å². The van der Waals surface area contributed by atoms with Crippen LogP contribution in [0.25, 0.3) is 0 Å². The summed E-state index contributed by atoms with van der Waals surface area (Å²) in [4.78, 5) is 73.0. The molecule has 5 aromatic carbocycles. The van der Waals surface area contributed by atoms with Crippen LogP contribution >= 0.6 is 0 Å². The van der Waals surface area contributed by atoms with E-state index in [0.29, 0.717) is 39.1 Å². The fourth-order valence-corrected chi connectivity index (χ4v) is 14.0. The molecule has 2 aliphatic rings. The minimum atomic E-state index is -1.48. The number of hydrogen-bond acceptors (Lipinski definition) is 16. The Bertz CT molecular complexity index is 3090. The van der Waals surface area contributed by atoms with E-state index in [1.54, 1.807) is 0 Å². The second-order valence-corrected chi connectivity index (χ2v) is 29.5. The zero-order valence-corrected chi connectivity index (χ0v) is 64.6.